The molecule has 4 rings (SSSR count). The molecule has 0 bridgehead atoms. The molecule has 0 radical (unpaired) electrons. The van der Waals surface area contributed by atoms with Gasteiger partial charge in [0.1, 0.15) is 11.5 Å². The number of pyridine rings is 1. The summed E-state index contributed by atoms with van der Waals surface area (Å²) in [7, 11) is 0. The monoisotopic (exact) mass is 509 g/mol. The van der Waals surface area contributed by atoms with Crippen molar-refractivity contribution in [2.45, 2.75) is 44.9 Å². The van der Waals surface area contributed by atoms with Crippen molar-refractivity contribution < 1.29 is 29.0 Å². The van der Waals surface area contributed by atoms with E-state index in [-0.39, 0.29) is 18.2 Å². The van der Waals surface area contributed by atoms with E-state index < -0.39 is 12.6 Å². The number of rotatable bonds is 10. The number of hydrogen-bond donors (Lipinski definition) is 1. The summed E-state index contributed by atoms with van der Waals surface area (Å²) in [4.78, 5) is 44.1. The number of piperazine rings is 1. The molecule has 2 fully saturated rings. The first-order valence-corrected chi connectivity index (χ1v) is 13.1. The van der Waals surface area contributed by atoms with Crippen molar-refractivity contribution in [1.29, 1.82) is 0 Å². The maximum Gasteiger partial charge on any atom is 0.341 e. The van der Waals surface area contributed by atoms with Crippen LogP contribution >= 0.6 is 0 Å². The topological polar surface area (TPSA) is 109 Å². The van der Waals surface area contributed by atoms with Gasteiger partial charge < -0.3 is 24.4 Å². The van der Waals surface area contributed by atoms with Gasteiger partial charge in [0.2, 0.25) is 5.91 Å². The summed E-state index contributed by atoms with van der Waals surface area (Å²) in [6.07, 6.45) is 10.7. The zero-order valence-corrected chi connectivity index (χ0v) is 21.1. The second-order valence-electron chi connectivity index (χ2n) is 9.73. The van der Waals surface area contributed by atoms with Crippen LogP contribution in [0.25, 0.3) is 0 Å². The Bertz CT molecular complexity index is 1080. The summed E-state index contributed by atoms with van der Waals surface area (Å²) in [5.41, 5.74) is 1.24. The molecular weight excluding hydrogens is 474 g/mol. The molecule has 9 nitrogen and oxygen atoms in total. The summed E-state index contributed by atoms with van der Waals surface area (Å²) >= 11 is 0. The summed E-state index contributed by atoms with van der Waals surface area (Å²) < 4.78 is 11.1. The smallest absolute Gasteiger partial charge is 0.341 e. The second kappa shape index (κ2) is 13.1. The number of ether oxygens (including phenoxy) is 2. The fourth-order valence-corrected chi connectivity index (χ4v) is 4.95. The van der Waals surface area contributed by atoms with Crippen LogP contribution < -0.4 is 9.47 Å². The zero-order valence-electron chi connectivity index (χ0n) is 21.1. The predicted molar refractivity (Wildman–Crippen MR) is 137 cm³/mol. The number of aromatic nitrogens is 1. The molecule has 1 saturated carbocycles. The quantitative estimate of drug-likeness (QED) is 0.523. The molecule has 0 atom stereocenters. The summed E-state index contributed by atoms with van der Waals surface area (Å²) in [6.45, 7) is 2.02. The Morgan fingerprint density at radius 2 is 1.68 bits per heavy atom. The van der Waals surface area contributed by atoms with Crippen molar-refractivity contribution in [2.24, 2.45) is 5.92 Å². The maximum absolute atomic E-state index is 13.1. The normalized spacial score (nSPS) is 16.3. The van der Waals surface area contributed by atoms with E-state index in [1.54, 1.807) is 28.1 Å². The van der Waals surface area contributed by atoms with Gasteiger partial charge in [-0.25, -0.2) is 4.79 Å². The molecule has 1 aliphatic heterocycles. The molecule has 1 aromatic carbocycles. The lowest BCUT2D eigenvalue weighted by Gasteiger charge is -2.35. The first-order valence-electron chi connectivity index (χ1n) is 13.1. The Labute approximate surface area is 217 Å². The number of benzene rings is 1. The largest absolute Gasteiger partial charge is 0.494 e. The number of aliphatic carboxylic acids is 1. The molecule has 2 aromatic rings. The van der Waals surface area contributed by atoms with Gasteiger partial charge in [-0.05, 0) is 42.2 Å². The van der Waals surface area contributed by atoms with Crippen LogP contribution in [0.15, 0.2) is 42.7 Å². The van der Waals surface area contributed by atoms with E-state index in [0.717, 1.165) is 18.1 Å². The Kier molecular flexibility index (Phi) is 9.35. The van der Waals surface area contributed by atoms with Gasteiger partial charge in [0.05, 0.1) is 19.2 Å². The number of carboxylic acids is 1. The van der Waals surface area contributed by atoms with Gasteiger partial charge in [0.15, 0.2) is 6.61 Å². The molecule has 2 amide bonds. The molecule has 9 heteroatoms. The molecule has 0 unspecified atom stereocenters. The molecule has 2 aliphatic rings. The van der Waals surface area contributed by atoms with Crippen molar-refractivity contribution in [3.63, 3.8) is 0 Å². The SMILES string of the molecule is O=C(O)COc1cncc(CC(=O)N2CCN(C(=O)c3cccc(OCCC4CCCCC4)c3)CC2)c1. The van der Waals surface area contributed by atoms with E-state index in [1.165, 1.54) is 38.3 Å². The molecule has 198 valence electrons. The highest BCUT2D eigenvalue weighted by Gasteiger charge is 2.25. The van der Waals surface area contributed by atoms with Crippen LogP contribution in [0, 0.1) is 5.92 Å². The average molecular weight is 510 g/mol. The van der Waals surface area contributed by atoms with Crippen molar-refractivity contribution in [3.05, 3.63) is 53.9 Å². The molecule has 1 saturated heterocycles. The highest BCUT2D eigenvalue weighted by molar-refractivity contribution is 5.94. The number of nitrogens with zero attached hydrogens (tertiary/aromatic N) is 3. The van der Waals surface area contributed by atoms with Crippen LogP contribution in [-0.2, 0) is 16.0 Å². The number of amides is 2. The Morgan fingerprint density at radius 1 is 0.919 bits per heavy atom. The average Bonchev–Trinajstić information content (AvgIpc) is 2.92. The van der Waals surface area contributed by atoms with E-state index in [9.17, 15) is 14.4 Å². The third-order valence-corrected chi connectivity index (χ3v) is 7.01. The van der Waals surface area contributed by atoms with Crippen LogP contribution in [0.2, 0.25) is 0 Å². The van der Waals surface area contributed by atoms with Crippen LogP contribution in [0.4, 0.5) is 0 Å². The zero-order chi connectivity index (χ0) is 26.0. The Hall–Kier alpha value is -3.62. The molecule has 2 heterocycles. The maximum atomic E-state index is 13.1. The Morgan fingerprint density at radius 3 is 2.43 bits per heavy atom. The van der Waals surface area contributed by atoms with E-state index in [1.807, 2.05) is 18.2 Å². The number of carbonyl (C=O) groups is 3. The summed E-state index contributed by atoms with van der Waals surface area (Å²) in [5.74, 6) is 0.572. The summed E-state index contributed by atoms with van der Waals surface area (Å²) in [6, 6.07) is 8.99. The predicted octanol–water partition coefficient (Wildman–Crippen LogP) is 3.42. The van der Waals surface area contributed by atoms with Crippen LogP contribution in [0.5, 0.6) is 11.5 Å². The van der Waals surface area contributed by atoms with Gasteiger partial charge in [-0.1, -0.05) is 38.2 Å². The second-order valence-corrected chi connectivity index (χ2v) is 9.73. The van der Waals surface area contributed by atoms with Gasteiger partial charge in [0, 0.05) is 37.9 Å². The molecule has 1 aliphatic carbocycles. The van der Waals surface area contributed by atoms with Crippen LogP contribution in [0.3, 0.4) is 0 Å². The lowest BCUT2D eigenvalue weighted by molar-refractivity contribution is -0.139. The number of hydrogen-bond acceptors (Lipinski definition) is 6. The Balaban J connectivity index is 1.23. The third-order valence-electron chi connectivity index (χ3n) is 7.01. The van der Waals surface area contributed by atoms with Crippen molar-refractivity contribution >= 4 is 17.8 Å². The van der Waals surface area contributed by atoms with Gasteiger partial charge >= 0.3 is 5.97 Å². The van der Waals surface area contributed by atoms with E-state index in [4.69, 9.17) is 14.6 Å². The van der Waals surface area contributed by atoms with Gasteiger partial charge in [-0.15, -0.1) is 0 Å². The van der Waals surface area contributed by atoms with Crippen LogP contribution in [0.1, 0.15) is 54.4 Å². The van der Waals surface area contributed by atoms with Crippen molar-refractivity contribution in [3.8, 4) is 11.5 Å². The standard InChI is InChI=1S/C28H35N3O6/c32-26(16-22-15-25(19-29-18-22)37-20-27(33)34)30-10-12-31(13-11-30)28(35)23-7-4-8-24(17-23)36-14-9-21-5-2-1-3-6-21/h4,7-8,15,17-19,21H,1-3,5-6,9-14,16,20H2,(H,33,34). The lowest BCUT2D eigenvalue weighted by Crippen LogP contribution is -2.51. The molecule has 1 N–H and O–H groups in total. The highest BCUT2D eigenvalue weighted by atomic mass is 16.5. The fourth-order valence-electron chi connectivity index (χ4n) is 4.95. The number of carbonyl (C=O) groups excluding carboxylic acids is 2. The summed E-state index contributed by atoms with van der Waals surface area (Å²) in [5, 5.41) is 8.75. The first-order chi connectivity index (χ1) is 18.0. The molecule has 1 aromatic heterocycles. The van der Waals surface area contributed by atoms with Crippen molar-refractivity contribution in [1.82, 2.24) is 14.8 Å². The third kappa shape index (κ3) is 7.93. The van der Waals surface area contributed by atoms with Gasteiger partial charge in [-0.2, -0.15) is 0 Å². The molecule has 0 spiro atoms. The molecule has 37 heavy (non-hydrogen) atoms. The van der Waals surface area contributed by atoms with E-state index >= 15 is 0 Å². The minimum Gasteiger partial charge on any atom is -0.494 e. The minimum atomic E-state index is -1.08. The minimum absolute atomic E-state index is 0.0580. The van der Waals surface area contributed by atoms with Gasteiger partial charge in [0.25, 0.3) is 5.91 Å². The highest BCUT2D eigenvalue weighted by Crippen LogP contribution is 2.26. The van der Waals surface area contributed by atoms with Crippen molar-refractivity contribution in [2.75, 3.05) is 39.4 Å². The van der Waals surface area contributed by atoms with E-state index in [0.29, 0.717) is 49.7 Å². The van der Waals surface area contributed by atoms with Crippen LogP contribution in [-0.4, -0.2) is 77.1 Å². The van der Waals surface area contributed by atoms with Gasteiger partial charge in [-0.3, -0.25) is 14.6 Å². The lowest BCUT2D eigenvalue weighted by atomic mass is 9.87. The fraction of sp³-hybridized carbons (Fsp3) is 0.500. The van der Waals surface area contributed by atoms with E-state index in [2.05, 4.69) is 4.98 Å². The molecular formula is C28H35N3O6. The first kappa shape index (κ1) is 26.4. The number of carboxylic acid groups (broad SMARTS) is 1.